The average molecular weight is 572 g/mol. The highest BCUT2D eigenvalue weighted by atomic mass is 16.6. The smallest absolute Gasteiger partial charge is 0.504 e. The fraction of sp³-hybridized carbons (Fsp3) is 0.500. The van der Waals surface area contributed by atoms with Crippen molar-refractivity contribution in [2.24, 2.45) is 12.5 Å². The second-order valence-electron chi connectivity index (χ2n) is 10.7. The molecule has 13 nitrogen and oxygen atoms in total. The molecule has 2 aromatic rings. The summed E-state index contributed by atoms with van der Waals surface area (Å²) in [5.74, 6) is -3.61. The molecule has 1 unspecified atom stereocenters. The van der Waals surface area contributed by atoms with E-state index in [0.29, 0.717) is 28.0 Å². The molecule has 13 heteroatoms. The Morgan fingerprint density at radius 3 is 2.39 bits per heavy atom. The van der Waals surface area contributed by atoms with Crippen LogP contribution in [0.1, 0.15) is 45.6 Å². The number of esters is 2. The Balaban J connectivity index is 2.06. The number of likely N-dealkylation sites (tertiary alicyclic amines) is 1. The van der Waals surface area contributed by atoms with Gasteiger partial charge in [-0.1, -0.05) is 0 Å². The zero-order valence-electron chi connectivity index (χ0n) is 24.3. The zero-order valence-corrected chi connectivity index (χ0v) is 24.3. The average Bonchev–Trinajstić information content (AvgIpc) is 3.22. The quantitative estimate of drug-likeness (QED) is 0.215. The maximum atomic E-state index is 14.0. The van der Waals surface area contributed by atoms with Gasteiger partial charge in [-0.15, -0.1) is 0 Å². The van der Waals surface area contributed by atoms with Crippen LogP contribution in [-0.4, -0.2) is 71.8 Å². The molecule has 0 bridgehead atoms. The van der Waals surface area contributed by atoms with Crippen molar-refractivity contribution in [3.63, 3.8) is 0 Å². The zero-order chi connectivity index (χ0) is 30.7. The molecular formula is C28H35N4O9+. The molecule has 1 aliphatic heterocycles. The number of carbonyl (C=O) groups is 4. The van der Waals surface area contributed by atoms with E-state index in [2.05, 4.69) is 9.71 Å². The lowest BCUT2D eigenvalue weighted by Crippen LogP contribution is -2.54. The Kier molecular flexibility index (Phi) is 8.96. The third-order valence-electron chi connectivity index (χ3n) is 6.87. The summed E-state index contributed by atoms with van der Waals surface area (Å²) in [5, 5.41) is 21.4. The van der Waals surface area contributed by atoms with Crippen molar-refractivity contribution in [2.75, 3.05) is 27.9 Å². The summed E-state index contributed by atoms with van der Waals surface area (Å²) in [5.41, 5.74) is -2.69. The number of aromatic nitrogens is 1. The van der Waals surface area contributed by atoms with Crippen molar-refractivity contribution in [3.8, 4) is 11.5 Å². The Morgan fingerprint density at radius 1 is 1.15 bits per heavy atom. The van der Waals surface area contributed by atoms with E-state index in [4.69, 9.17) is 14.2 Å². The van der Waals surface area contributed by atoms with Crippen LogP contribution in [0.15, 0.2) is 29.8 Å². The standard InChI is InChI=1S/C28H34N4O9/c1-27(2,3)41-20(34)14-28(24(35)21(30-29)25(36)40-7)11-8-12-32(26(28)37)19(33)13-16-15-31(4)22-17(16)9-10-18(38-5)23(22)39-6/h9-10,15H,8,11-14H2,1-7H3/p+1. The number of rotatable bonds is 8. The van der Waals surface area contributed by atoms with E-state index in [1.54, 1.807) is 50.7 Å². The van der Waals surface area contributed by atoms with Gasteiger partial charge in [0.25, 0.3) is 0 Å². The summed E-state index contributed by atoms with van der Waals surface area (Å²) in [7, 11) is 5.80. The Morgan fingerprint density at radius 2 is 1.83 bits per heavy atom. The molecule has 1 aliphatic rings. The van der Waals surface area contributed by atoms with Crippen molar-refractivity contribution in [2.45, 2.75) is 52.1 Å². The number of benzene rings is 1. The summed E-state index contributed by atoms with van der Waals surface area (Å²) in [4.78, 5) is 56.5. The molecule has 1 aromatic carbocycles. The molecule has 1 atom stereocenters. The van der Waals surface area contributed by atoms with Gasteiger partial charge < -0.3 is 28.6 Å². The maximum Gasteiger partial charge on any atom is 0.506 e. The third-order valence-corrected chi connectivity index (χ3v) is 6.87. The topological polar surface area (TPSA) is 162 Å². The molecule has 0 saturated carbocycles. The van der Waals surface area contributed by atoms with Crippen LogP contribution in [0.4, 0.5) is 0 Å². The Labute approximate surface area is 237 Å². The number of nitrogens with zero attached hydrogens (tertiary/aromatic N) is 4. The maximum absolute atomic E-state index is 14.0. The SMILES string of the molecule is COC(=O)/C([N+]#N)=C(\O)C1(CC(=O)OC(C)(C)C)CCCN(C(=O)Cc2cn(C)c3c(OC)c(OC)ccc23)C1=O. The van der Waals surface area contributed by atoms with Crippen molar-refractivity contribution in [1.82, 2.24) is 9.47 Å². The van der Waals surface area contributed by atoms with Crippen LogP contribution in [0.2, 0.25) is 0 Å². The van der Waals surface area contributed by atoms with Crippen LogP contribution in [-0.2, 0) is 42.1 Å². The van der Waals surface area contributed by atoms with Gasteiger partial charge in [-0.05, 0) is 51.3 Å². The molecule has 1 fully saturated rings. The second-order valence-corrected chi connectivity index (χ2v) is 10.7. The highest BCUT2D eigenvalue weighted by molar-refractivity contribution is 6.04. The van der Waals surface area contributed by atoms with Gasteiger partial charge in [0.1, 0.15) is 11.0 Å². The molecule has 0 spiro atoms. The molecule has 220 valence electrons. The lowest BCUT2D eigenvalue weighted by molar-refractivity contribution is -0.166. The lowest BCUT2D eigenvalue weighted by atomic mass is 9.73. The molecule has 2 heterocycles. The summed E-state index contributed by atoms with van der Waals surface area (Å²) in [6.45, 7) is 4.89. The fourth-order valence-corrected chi connectivity index (χ4v) is 5.13. The monoisotopic (exact) mass is 571 g/mol. The van der Waals surface area contributed by atoms with Crippen LogP contribution in [0, 0.1) is 10.8 Å². The molecule has 41 heavy (non-hydrogen) atoms. The number of imide groups is 1. The van der Waals surface area contributed by atoms with E-state index in [-0.39, 0.29) is 25.8 Å². The van der Waals surface area contributed by atoms with E-state index in [0.717, 1.165) is 12.0 Å². The van der Waals surface area contributed by atoms with E-state index in [1.165, 1.54) is 14.2 Å². The highest BCUT2D eigenvalue weighted by Crippen LogP contribution is 2.43. The van der Waals surface area contributed by atoms with Gasteiger partial charge in [-0.2, -0.15) is 0 Å². The largest absolute Gasteiger partial charge is 0.506 e. The number of piperidine rings is 1. The molecule has 1 saturated heterocycles. The van der Waals surface area contributed by atoms with Gasteiger partial charge in [0.15, 0.2) is 16.5 Å². The number of fused-ring (bicyclic) bond motifs is 1. The fourth-order valence-electron chi connectivity index (χ4n) is 5.13. The number of hydrogen-bond donors (Lipinski definition) is 1. The van der Waals surface area contributed by atoms with Gasteiger partial charge in [-0.25, -0.2) is 4.79 Å². The number of hydrogen-bond acceptors (Lipinski definition) is 10. The lowest BCUT2D eigenvalue weighted by Gasteiger charge is -2.39. The molecule has 3 rings (SSSR count). The number of aliphatic hydroxyl groups excluding tert-OH is 1. The molecule has 2 amide bonds. The molecule has 1 aromatic heterocycles. The number of methoxy groups -OCH3 is 3. The number of ether oxygens (including phenoxy) is 4. The summed E-state index contributed by atoms with van der Waals surface area (Å²) >= 11 is 0. The highest BCUT2D eigenvalue weighted by Gasteiger charge is 2.56. The van der Waals surface area contributed by atoms with Crippen LogP contribution in [0.5, 0.6) is 11.5 Å². The van der Waals surface area contributed by atoms with E-state index in [9.17, 15) is 29.7 Å². The Bertz CT molecular complexity index is 1460. The molecular weight excluding hydrogens is 536 g/mol. The van der Waals surface area contributed by atoms with E-state index in [1.807, 2.05) is 0 Å². The number of diazo groups is 1. The number of amides is 2. The van der Waals surface area contributed by atoms with Crippen molar-refractivity contribution in [1.29, 1.82) is 5.39 Å². The van der Waals surface area contributed by atoms with Crippen LogP contribution in [0.3, 0.4) is 0 Å². The predicted octanol–water partition coefficient (Wildman–Crippen LogP) is 3.40. The summed E-state index contributed by atoms with van der Waals surface area (Å²) in [6.07, 6.45) is 0.900. The summed E-state index contributed by atoms with van der Waals surface area (Å²) < 4.78 is 22.6. The minimum atomic E-state index is -2.11. The van der Waals surface area contributed by atoms with Gasteiger partial charge in [0, 0.05) is 25.2 Å². The molecule has 0 radical (unpaired) electrons. The van der Waals surface area contributed by atoms with Crippen LogP contribution in [0.25, 0.3) is 15.9 Å². The first kappa shape index (κ1) is 30.9. The molecule has 0 aliphatic carbocycles. The van der Waals surface area contributed by atoms with Crippen LogP contribution >= 0.6 is 0 Å². The van der Waals surface area contributed by atoms with Gasteiger partial charge in [0.2, 0.25) is 23.0 Å². The van der Waals surface area contributed by atoms with Gasteiger partial charge in [0.05, 0.1) is 39.7 Å². The third kappa shape index (κ3) is 5.96. The number of carbonyl (C=O) groups excluding carboxylic acids is 4. The summed E-state index contributed by atoms with van der Waals surface area (Å²) in [6, 6.07) is 3.49. The predicted molar refractivity (Wildman–Crippen MR) is 145 cm³/mol. The first-order chi connectivity index (χ1) is 19.2. The molecule has 1 N–H and O–H groups in total. The first-order valence-electron chi connectivity index (χ1n) is 12.9. The van der Waals surface area contributed by atoms with Crippen LogP contribution < -0.4 is 9.47 Å². The Hall–Kier alpha value is -4.60. The normalized spacial score (nSPS) is 17.9. The minimum absolute atomic E-state index is 0.00670. The first-order valence-corrected chi connectivity index (χ1v) is 12.9. The second kappa shape index (κ2) is 11.9. The van der Waals surface area contributed by atoms with E-state index >= 15 is 0 Å². The number of aryl methyl sites for hydroxylation is 1. The number of aliphatic hydroxyl groups is 1. The van der Waals surface area contributed by atoms with Crippen molar-refractivity contribution >= 4 is 34.7 Å². The van der Waals surface area contributed by atoms with Gasteiger partial charge in [-0.3, -0.25) is 19.3 Å². The van der Waals surface area contributed by atoms with Crippen molar-refractivity contribution in [3.05, 3.63) is 40.3 Å². The minimum Gasteiger partial charge on any atom is -0.504 e. The van der Waals surface area contributed by atoms with Gasteiger partial charge >= 0.3 is 17.6 Å². The van der Waals surface area contributed by atoms with Crippen molar-refractivity contribution < 1.29 is 43.2 Å². The van der Waals surface area contributed by atoms with E-state index < -0.39 is 52.6 Å².